The van der Waals surface area contributed by atoms with Gasteiger partial charge >= 0.3 is 0 Å². The molecule has 1 amide bonds. The molecular formula is C13H20N4O. The van der Waals surface area contributed by atoms with Gasteiger partial charge in [0.15, 0.2) is 0 Å². The summed E-state index contributed by atoms with van der Waals surface area (Å²) in [5.41, 5.74) is 5.97. The maximum atomic E-state index is 12.1. The van der Waals surface area contributed by atoms with Gasteiger partial charge in [0.2, 0.25) is 0 Å². The summed E-state index contributed by atoms with van der Waals surface area (Å²) in [6.45, 7) is 0. The van der Waals surface area contributed by atoms with Gasteiger partial charge in [0.05, 0.1) is 12.1 Å². The zero-order valence-electron chi connectivity index (χ0n) is 10.6. The van der Waals surface area contributed by atoms with Crippen LogP contribution in [0.5, 0.6) is 0 Å². The number of nitriles is 1. The first-order chi connectivity index (χ1) is 8.72. The Morgan fingerprint density at radius 2 is 2.22 bits per heavy atom. The molecule has 5 heteroatoms. The Balaban J connectivity index is 1.88. The van der Waals surface area contributed by atoms with E-state index in [2.05, 4.69) is 11.2 Å². The number of nitrogens with two attached hydrogens (primary N) is 1. The van der Waals surface area contributed by atoms with E-state index in [9.17, 15) is 4.79 Å². The van der Waals surface area contributed by atoms with Crippen LogP contribution in [0.15, 0.2) is 5.10 Å². The van der Waals surface area contributed by atoms with Crippen molar-refractivity contribution in [3.63, 3.8) is 0 Å². The molecule has 0 aromatic carbocycles. The molecule has 18 heavy (non-hydrogen) atoms. The molecular weight excluding hydrogens is 228 g/mol. The predicted molar refractivity (Wildman–Crippen MR) is 68.5 cm³/mol. The topological polar surface area (TPSA) is 82.5 Å². The number of carbonyl (C=O) groups excluding carboxylic acids is 1. The van der Waals surface area contributed by atoms with Crippen molar-refractivity contribution >= 4 is 12.1 Å². The van der Waals surface area contributed by atoms with Crippen molar-refractivity contribution in [2.45, 2.75) is 57.0 Å². The van der Waals surface area contributed by atoms with Gasteiger partial charge in [0, 0.05) is 12.6 Å². The molecule has 0 aromatic rings. The van der Waals surface area contributed by atoms with Crippen LogP contribution in [-0.4, -0.2) is 29.2 Å². The van der Waals surface area contributed by atoms with Crippen molar-refractivity contribution in [2.24, 2.45) is 16.8 Å². The molecule has 1 unspecified atom stereocenters. The van der Waals surface area contributed by atoms with Crippen LogP contribution in [0.1, 0.15) is 44.9 Å². The standard InChI is InChI=1S/C13H20N4O/c14-9-11-6-7-16-17(11)13(18)12(15)8-10-4-2-1-3-5-10/h7,10-12H,1-6,8,15H2/t11?,12-/m0/s1. The second-order valence-corrected chi connectivity index (χ2v) is 5.21. The summed E-state index contributed by atoms with van der Waals surface area (Å²) >= 11 is 0. The molecule has 98 valence electrons. The van der Waals surface area contributed by atoms with E-state index in [1.807, 2.05) is 0 Å². The molecule has 0 radical (unpaired) electrons. The number of hydrazone groups is 1. The Bertz CT molecular complexity index is 368. The molecule has 1 aliphatic heterocycles. The van der Waals surface area contributed by atoms with E-state index in [0.29, 0.717) is 12.3 Å². The van der Waals surface area contributed by atoms with Crippen LogP contribution >= 0.6 is 0 Å². The SMILES string of the molecule is N#CC1CC=NN1C(=O)[C@@H](N)CC1CCCCC1. The summed E-state index contributed by atoms with van der Waals surface area (Å²) in [7, 11) is 0. The molecule has 1 fully saturated rings. The highest BCUT2D eigenvalue weighted by Crippen LogP contribution is 2.27. The lowest BCUT2D eigenvalue weighted by Crippen LogP contribution is -2.44. The Morgan fingerprint density at radius 1 is 1.50 bits per heavy atom. The van der Waals surface area contributed by atoms with Crippen LogP contribution in [0.2, 0.25) is 0 Å². The first-order valence-corrected chi connectivity index (χ1v) is 6.73. The van der Waals surface area contributed by atoms with Crippen molar-refractivity contribution in [3.8, 4) is 6.07 Å². The maximum Gasteiger partial charge on any atom is 0.260 e. The smallest absolute Gasteiger partial charge is 0.260 e. The van der Waals surface area contributed by atoms with Crippen LogP contribution in [0.3, 0.4) is 0 Å². The van der Waals surface area contributed by atoms with Crippen LogP contribution in [0, 0.1) is 17.2 Å². The van der Waals surface area contributed by atoms with E-state index in [-0.39, 0.29) is 5.91 Å². The third-order valence-corrected chi connectivity index (χ3v) is 3.83. The number of hydrogen-bond donors (Lipinski definition) is 1. The highest BCUT2D eigenvalue weighted by atomic mass is 16.2. The normalized spacial score (nSPS) is 26.0. The van der Waals surface area contributed by atoms with Gasteiger partial charge in [-0.15, -0.1) is 0 Å². The van der Waals surface area contributed by atoms with Crippen LogP contribution in [0.4, 0.5) is 0 Å². The molecule has 0 aromatic heterocycles. The highest BCUT2D eigenvalue weighted by Gasteiger charge is 2.31. The molecule has 2 aliphatic rings. The minimum Gasteiger partial charge on any atom is -0.320 e. The molecule has 2 N–H and O–H groups in total. The number of hydrogen-bond acceptors (Lipinski definition) is 4. The summed E-state index contributed by atoms with van der Waals surface area (Å²) < 4.78 is 0. The molecule has 1 aliphatic carbocycles. The second kappa shape index (κ2) is 5.96. The fraction of sp³-hybridized carbons (Fsp3) is 0.769. The largest absolute Gasteiger partial charge is 0.320 e. The number of nitrogens with zero attached hydrogens (tertiary/aromatic N) is 3. The minimum absolute atomic E-state index is 0.208. The molecule has 1 heterocycles. The Hall–Kier alpha value is -1.41. The first kappa shape index (κ1) is 13.0. The second-order valence-electron chi connectivity index (χ2n) is 5.21. The average molecular weight is 248 g/mol. The number of rotatable bonds is 3. The van der Waals surface area contributed by atoms with E-state index in [0.717, 1.165) is 6.42 Å². The lowest BCUT2D eigenvalue weighted by atomic mass is 9.85. The molecule has 0 spiro atoms. The van der Waals surface area contributed by atoms with Gasteiger partial charge in [0.1, 0.15) is 6.04 Å². The van der Waals surface area contributed by atoms with Gasteiger partial charge in [0.25, 0.3) is 5.91 Å². The third-order valence-electron chi connectivity index (χ3n) is 3.83. The summed E-state index contributed by atoms with van der Waals surface area (Å²) in [5.74, 6) is 0.352. The van der Waals surface area contributed by atoms with Gasteiger partial charge in [-0.05, 0) is 12.3 Å². The molecule has 1 saturated carbocycles. The third kappa shape index (κ3) is 2.88. The van der Waals surface area contributed by atoms with Gasteiger partial charge in [-0.1, -0.05) is 32.1 Å². The summed E-state index contributed by atoms with van der Waals surface area (Å²) in [6, 6.07) is 1.10. The fourth-order valence-corrected chi connectivity index (χ4v) is 2.79. The Kier molecular flexibility index (Phi) is 4.32. The Labute approximate surface area is 108 Å². The zero-order chi connectivity index (χ0) is 13.0. The van der Waals surface area contributed by atoms with E-state index >= 15 is 0 Å². The van der Waals surface area contributed by atoms with Gasteiger partial charge < -0.3 is 5.73 Å². The van der Waals surface area contributed by atoms with Crippen molar-refractivity contribution in [1.82, 2.24) is 5.01 Å². The van der Waals surface area contributed by atoms with Crippen LogP contribution in [-0.2, 0) is 4.79 Å². The van der Waals surface area contributed by atoms with Gasteiger partial charge in [-0.3, -0.25) is 4.79 Å². The van der Waals surface area contributed by atoms with E-state index < -0.39 is 12.1 Å². The monoisotopic (exact) mass is 248 g/mol. The minimum atomic E-state index is -0.515. The van der Waals surface area contributed by atoms with E-state index in [1.54, 1.807) is 6.21 Å². The van der Waals surface area contributed by atoms with Crippen molar-refractivity contribution in [2.75, 3.05) is 0 Å². The van der Waals surface area contributed by atoms with E-state index in [1.165, 1.54) is 37.1 Å². The van der Waals surface area contributed by atoms with E-state index in [4.69, 9.17) is 11.0 Å². The van der Waals surface area contributed by atoms with Crippen LogP contribution < -0.4 is 5.73 Å². The lowest BCUT2D eigenvalue weighted by Gasteiger charge is -2.26. The molecule has 5 nitrogen and oxygen atoms in total. The van der Waals surface area contributed by atoms with Crippen molar-refractivity contribution in [1.29, 1.82) is 5.26 Å². The first-order valence-electron chi connectivity index (χ1n) is 6.73. The van der Waals surface area contributed by atoms with Gasteiger partial charge in [-0.25, -0.2) is 5.01 Å². The average Bonchev–Trinajstić information content (AvgIpc) is 2.87. The Morgan fingerprint density at radius 3 is 2.89 bits per heavy atom. The fourth-order valence-electron chi connectivity index (χ4n) is 2.79. The van der Waals surface area contributed by atoms with Gasteiger partial charge in [-0.2, -0.15) is 10.4 Å². The number of carbonyl (C=O) groups is 1. The molecule has 0 saturated heterocycles. The summed E-state index contributed by atoms with van der Waals surface area (Å²) in [6.07, 6.45) is 8.98. The number of amides is 1. The lowest BCUT2D eigenvalue weighted by molar-refractivity contribution is -0.133. The molecule has 2 rings (SSSR count). The van der Waals surface area contributed by atoms with Crippen molar-refractivity contribution in [3.05, 3.63) is 0 Å². The highest BCUT2D eigenvalue weighted by molar-refractivity contribution is 5.84. The predicted octanol–water partition coefficient (Wildman–Crippen LogP) is 1.39. The quantitative estimate of drug-likeness (QED) is 0.819. The molecule has 0 bridgehead atoms. The summed E-state index contributed by atoms with van der Waals surface area (Å²) in [5, 5.41) is 14.1. The van der Waals surface area contributed by atoms with Crippen molar-refractivity contribution < 1.29 is 4.79 Å². The zero-order valence-corrected chi connectivity index (χ0v) is 10.6. The molecule has 2 atom stereocenters. The maximum absolute atomic E-state index is 12.1. The van der Waals surface area contributed by atoms with Crippen LogP contribution in [0.25, 0.3) is 0 Å². The summed E-state index contributed by atoms with van der Waals surface area (Å²) in [4.78, 5) is 12.1.